The Bertz CT molecular complexity index is 1500. The van der Waals surface area contributed by atoms with E-state index in [1.165, 1.54) is 6.92 Å². The number of ketones is 1. The number of aliphatic hydroxyl groups is 1. The molecule has 292 valence electrons. The van der Waals surface area contributed by atoms with E-state index in [9.17, 15) is 33.9 Å². The van der Waals surface area contributed by atoms with Crippen molar-refractivity contribution in [2.45, 2.75) is 155 Å². The van der Waals surface area contributed by atoms with Crippen molar-refractivity contribution in [3.63, 3.8) is 0 Å². The SMILES string of the molecule is CC(=O)O[C@H]1[C@@H](OC(C)=O)C(C)(C)[C@@H]2O[C@]23C[C@@](O)([C@@H]1OC(C)=O)[C@H](OC(C)=O)[C@H]1[C@@H](OC(C)=O)[C@](C)(OCC(C)C)C[C@]1(OC(C)=O)C(=O)[C@@H]3C. The molecule has 4 fully saturated rings. The van der Waals surface area contributed by atoms with Crippen LogP contribution in [0, 0.1) is 23.2 Å². The zero-order chi connectivity index (χ0) is 39.5. The third-order valence-electron chi connectivity index (χ3n) is 10.8. The second-order valence-electron chi connectivity index (χ2n) is 15.9. The number of Topliss-reactive ketones (excluding diaryl/α,β-unsaturated/α-hetero) is 1. The van der Waals surface area contributed by atoms with Crippen LogP contribution >= 0.6 is 0 Å². The molecule has 1 heterocycles. The van der Waals surface area contributed by atoms with Crippen LogP contribution < -0.4 is 0 Å². The first-order valence-electron chi connectivity index (χ1n) is 17.4. The summed E-state index contributed by atoms with van der Waals surface area (Å²) in [6.45, 7) is 16.6. The molecular weight excluding hydrogens is 688 g/mol. The van der Waals surface area contributed by atoms with Crippen molar-refractivity contribution in [2.24, 2.45) is 23.2 Å². The minimum absolute atomic E-state index is 0.0697. The van der Waals surface area contributed by atoms with Gasteiger partial charge in [0.2, 0.25) is 0 Å². The number of carbonyl (C=O) groups excluding carboxylic acids is 7. The summed E-state index contributed by atoms with van der Waals surface area (Å²) >= 11 is 0. The number of esters is 6. The van der Waals surface area contributed by atoms with Crippen LogP contribution in [0.5, 0.6) is 0 Å². The smallest absolute Gasteiger partial charge is 0.303 e. The molecule has 1 N–H and O–H groups in total. The van der Waals surface area contributed by atoms with E-state index in [2.05, 4.69) is 0 Å². The number of carbonyl (C=O) groups is 7. The summed E-state index contributed by atoms with van der Waals surface area (Å²) in [7, 11) is 0. The fourth-order valence-corrected chi connectivity index (χ4v) is 9.02. The maximum absolute atomic E-state index is 15.3. The lowest BCUT2D eigenvalue weighted by molar-refractivity contribution is -0.267. The van der Waals surface area contributed by atoms with E-state index in [0.717, 1.165) is 41.5 Å². The molecule has 12 atom stereocenters. The minimum Gasteiger partial charge on any atom is -0.459 e. The minimum atomic E-state index is -2.70. The molecule has 3 saturated carbocycles. The molecule has 1 aliphatic heterocycles. The van der Waals surface area contributed by atoms with Gasteiger partial charge in [-0.2, -0.15) is 0 Å². The van der Waals surface area contributed by atoms with Gasteiger partial charge in [0.05, 0.1) is 17.9 Å². The van der Waals surface area contributed by atoms with E-state index in [1.807, 2.05) is 13.8 Å². The largest absolute Gasteiger partial charge is 0.459 e. The third-order valence-corrected chi connectivity index (χ3v) is 10.8. The van der Waals surface area contributed by atoms with Crippen molar-refractivity contribution < 1.29 is 76.6 Å². The topological polar surface area (TPSA) is 217 Å². The van der Waals surface area contributed by atoms with Gasteiger partial charge in [0.15, 0.2) is 29.7 Å². The average Bonchev–Trinajstić information content (AvgIpc) is 3.67. The fourth-order valence-electron chi connectivity index (χ4n) is 9.02. The van der Waals surface area contributed by atoms with E-state index in [-0.39, 0.29) is 12.5 Å². The Morgan fingerprint density at radius 1 is 0.731 bits per heavy atom. The molecule has 0 aromatic heterocycles. The zero-order valence-electron chi connectivity index (χ0n) is 31.9. The first kappa shape index (κ1) is 41.1. The van der Waals surface area contributed by atoms with Crippen LogP contribution in [-0.4, -0.2) is 112 Å². The molecule has 52 heavy (non-hydrogen) atoms. The van der Waals surface area contributed by atoms with Crippen molar-refractivity contribution in [1.29, 1.82) is 0 Å². The number of rotatable bonds is 9. The quantitative estimate of drug-likeness (QED) is 0.203. The van der Waals surface area contributed by atoms with Crippen molar-refractivity contribution in [3.8, 4) is 0 Å². The number of fused-ring (bicyclic) bond motifs is 2. The summed E-state index contributed by atoms with van der Waals surface area (Å²) in [4.78, 5) is 92.9. The lowest BCUT2D eigenvalue weighted by atomic mass is 9.57. The second kappa shape index (κ2) is 14.0. The predicted molar refractivity (Wildman–Crippen MR) is 175 cm³/mol. The molecule has 4 aliphatic rings. The highest BCUT2D eigenvalue weighted by Gasteiger charge is 2.83. The second-order valence-corrected chi connectivity index (χ2v) is 15.9. The molecule has 0 radical (unpaired) electrons. The van der Waals surface area contributed by atoms with Gasteiger partial charge in [-0.1, -0.05) is 34.6 Å². The van der Waals surface area contributed by atoms with Crippen molar-refractivity contribution in [2.75, 3.05) is 6.61 Å². The van der Waals surface area contributed by atoms with Crippen molar-refractivity contribution in [3.05, 3.63) is 0 Å². The van der Waals surface area contributed by atoms with E-state index >= 15 is 4.79 Å². The summed E-state index contributed by atoms with van der Waals surface area (Å²) in [5.41, 5.74) is -9.59. The van der Waals surface area contributed by atoms with Gasteiger partial charge in [0, 0.05) is 66.4 Å². The summed E-state index contributed by atoms with van der Waals surface area (Å²) in [6.07, 6.45) is -10.8. The number of epoxide rings is 1. The average molecular weight is 741 g/mol. The highest BCUT2D eigenvalue weighted by Crippen LogP contribution is 2.65. The van der Waals surface area contributed by atoms with Crippen LogP contribution in [0.25, 0.3) is 0 Å². The standard InChI is InChI=1S/C36H52O16/c1-16(2)13-45-33(12)14-36(51-23(9)42)24(27(33)47-19(5)38)28(48-20(6)39)34(44)15-35(17(3)26(36)43)31(52-35)32(10,11)29(49-21(7)40)25(46-18(4)37)30(34)50-22(8)41/h16-17,24-25,27-31,44H,13-15H2,1-12H3/t17-,24+,25-,27+,28+,29+,30+,31-,33+,34-,35-,36+/m0/s1. The molecule has 2 bridgehead atoms. The zero-order valence-corrected chi connectivity index (χ0v) is 31.9. The van der Waals surface area contributed by atoms with Gasteiger partial charge in [-0.25, -0.2) is 0 Å². The summed E-state index contributed by atoms with van der Waals surface area (Å²) in [5.74, 6) is -9.20. The van der Waals surface area contributed by atoms with Crippen molar-refractivity contribution in [1.82, 2.24) is 0 Å². The molecule has 0 amide bonds. The highest BCUT2D eigenvalue weighted by molar-refractivity contribution is 5.94. The first-order chi connectivity index (χ1) is 23.8. The Kier molecular flexibility index (Phi) is 11.1. The maximum Gasteiger partial charge on any atom is 0.303 e. The molecule has 1 saturated heterocycles. The van der Waals surface area contributed by atoms with Crippen LogP contribution in [-0.2, 0) is 71.5 Å². The van der Waals surface area contributed by atoms with Gasteiger partial charge in [-0.05, 0) is 12.8 Å². The van der Waals surface area contributed by atoms with Crippen LogP contribution in [0.2, 0.25) is 0 Å². The Hall–Kier alpha value is -3.63. The van der Waals surface area contributed by atoms with Gasteiger partial charge < -0.3 is 43.0 Å². The molecule has 16 nitrogen and oxygen atoms in total. The molecular formula is C36H52O16. The lowest BCUT2D eigenvalue weighted by Gasteiger charge is -2.54. The molecule has 0 aromatic carbocycles. The number of hydrogen-bond donors (Lipinski definition) is 1. The normalized spacial score (nSPS) is 40.3. The summed E-state index contributed by atoms with van der Waals surface area (Å²) in [6, 6.07) is 0. The van der Waals surface area contributed by atoms with Gasteiger partial charge in [-0.15, -0.1) is 0 Å². The van der Waals surface area contributed by atoms with E-state index in [4.69, 9.17) is 37.9 Å². The molecule has 1 spiro atoms. The van der Waals surface area contributed by atoms with E-state index in [0.29, 0.717) is 0 Å². The van der Waals surface area contributed by atoms with Gasteiger partial charge in [0.1, 0.15) is 29.0 Å². The van der Waals surface area contributed by atoms with Gasteiger partial charge in [-0.3, -0.25) is 33.6 Å². The lowest BCUT2D eigenvalue weighted by Crippen LogP contribution is -2.74. The highest BCUT2D eigenvalue weighted by atomic mass is 16.6. The predicted octanol–water partition coefficient (Wildman–Crippen LogP) is 1.92. The molecule has 4 rings (SSSR count). The molecule has 0 unspecified atom stereocenters. The summed E-state index contributed by atoms with van der Waals surface area (Å²) in [5, 5.41) is 13.5. The number of hydrogen-bond acceptors (Lipinski definition) is 16. The fraction of sp³-hybridized carbons (Fsp3) is 0.806. The molecule has 0 aromatic rings. The molecule has 16 heteroatoms. The van der Waals surface area contributed by atoms with Gasteiger partial charge in [0.25, 0.3) is 0 Å². The Labute approximate surface area is 302 Å². The van der Waals surface area contributed by atoms with Crippen LogP contribution in [0.15, 0.2) is 0 Å². The van der Waals surface area contributed by atoms with Gasteiger partial charge >= 0.3 is 35.8 Å². The number of ether oxygens (including phenoxy) is 8. The van der Waals surface area contributed by atoms with E-state index < -0.39 is 131 Å². The summed E-state index contributed by atoms with van der Waals surface area (Å²) < 4.78 is 48.2. The van der Waals surface area contributed by atoms with Crippen LogP contribution in [0.4, 0.5) is 0 Å². The van der Waals surface area contributed by atoms with Crippen LogP contribution in [0.3, 0.4) is 0 Å². The van der Waals surface area contributed by atoms with Crippen LogP contribution in [0.1, 0.15) is 95.9 Å². The monoisotopic (exact) mass is 740 g/mol. The maximum atomic E-state index is 15.3. The first-order valence-corrected chi connectivity index (χ1v) is 17.4. The molecule has 3 aliphatic carbocycles. The van der Waals surface area contributed by atoms with E-state index in [1.54, 1.807) is 20.8 Å². The Balaban J connectivity index is 2.20. The van der Waals surface area contributed by atoms with Crippen molar-refractivity contribution >= 4 is 41.6 Å². The Morgan fingerprint density at radius 3 is 1.69 bits per heavy atom. The third kappa shape index (κ3) is 7.05. The Morgan fingerprint density at radius 2 is 1.21 bits per heavy atom.